The molecule has 1 saturated carbocycles. The zero-order chi connectivity index (χ0) is 9.15. The highest BCUT2D eigenvalue weighted by Crippen LogP contribution is 2.49. The molecule has 1 aromatic rings. The molecule has 2 N–H and O–H groups in total. The molecule has 0 atom stereocenters. The minimum absolute atomic E-state index is 0.334. The van der Waals surface area contributed by atoms with Gasteiger partial charge in [-0.05, 0) is 18.4 Å². The third kappa shape index (κ3) is 1.65. The van der Waals surface area contributed by atoms with Crippen molar-refractivity contribution in [1.82, 2.24) is 0 Å². The van der Waals surface area contributed by atoms with Crippen molar-refractivity contribution in [3.63, 3.8) is 0 Å². The molecule has 1 heteroatoms. The van der Waals surface area contributed by atoms with Crippen molar-refractivity contribution in [3.8, 4) is 0 Å². The van der Waals surface area contributed by atoms with Gasteiger partial charge < -0.3 is 5.73 Å². The van der Waals surface area contributed by atoms with Gasteiger partial charge in [0.05, 0.1) is 0 Å². The molecule has 0 aromatic heterocycles. The van der Waals surface area contributed by atoms with Crippen LogP contribution < -0.4 is 5.73 Å². The van der Waals surface area contributed by atoms with E-state index >= 15 is 0 Å². The fourth-order valence-corrected chi connectivity index (χ4v) is 1.75. The number of benzene rings is 1. The van der Waals surface area contributed by atoms with E-state index in [1.54, 1.807) is 0 Å². The van der Waals surface area contributed by atoms with Crippen molar-refractivity contribution in [1.29, 1.82) is 0 Å². The first-order valence-electron chi connectivity index (χ1n) is 4.81. The van der Waals surface area contributed by atoms with E-state index in [2.05, 4.69) is 42.5 Å². The van der Waals surface area contributed by atoms with Gasteiger partial charge in [0.1, 0.15) is 0 Å². The smallest absolute Gasteiger partial charge is 0.0133 e. The van der Waals surface area contributed by atoms with Crippen LogP contribution in [0.4, 0.5) is 0 Å². The summed E-state index contributed by atoms with van der Waals surface area (Å²) in [5, 5.41) is 0. The molecule has 1 fully saturated rings. The largest absolute Gasteiger partial charge is 0.327 e. The summed E-state index contributed by atoms with van der Waals surface area (Å²) in [6, 6.07) is 10.7. The molecule has 2 rings (SSSR count). The third-order valence-corrected chi connectivity index (χ3v) is 2.71. The SMILES string of the molecule is NC/C=C/C1(c2ccccc2)CC1. The number of hydrogen-bond donors (Lipinski definition) is 1. The lowest BCUT2D eigenvalue weighted by atomic mass is 9.96. The van der Waals surface area contributed by atoms with Gasteiger partial charge >= 0.3 is 0 Å². The summed E-state index contributed by atoms with van der Waals surface area (Å²) in [7, 11) is 0. The maximum Gasteiger partial charge on any atom is 0.0133 e. The van der Waals surface area contributed by atoms with Gasteiger partial charge in [0.2, 0.25) is 0 Å². The number of allylic oxidation sites excluding steroid dienone is 1. The van der Waals surface area contributed by atoms with Crippen molar-refractivity contribution < 1.29 is 0 Å². The Morgan fingerprint density at radius 1 is 1.23 bits per heavy atom. The van der Waals surface area contributed by atoms with Crippen molar-refractivity contribution in [2.24, 2.45) is 5.73 Å². The first kappa shape index (κ1) is 8.52. The van der Waals surface area contributed by atoms with Crippen LogP contribution in [-0.4, -0.2) is 6.54 Å². The van der Waals surface area contributed by atoms with Gasteiger partial charge in [-0.2, -0.15) is 0 Å². The molecule has 0 spiro atoms. The molecule has 1 aromatic carbocycles. The number of hydrogen-bond acceptors (Lipinski definition) is 1. The Kier molecular flexibility index (Phi) is 2.19. The Balaban J connectivity index is 2.21. The highest BCUT2D eigenvalue weighted by Gasteiger charge is 2.41. The quantitative estimate of drug-likeness (QED) is 0.697. The van der Waals surface area contributed by atoms with E-state index in [0.29, 0.717) is 12.0 Å². The van der Waals surface area contributed by atoms with Crippen LogP contribution in [0, 0.1) is 0 Å². The van der Waals surface area contributed by atoms with Gasteiger partial charge in [-0.3, -0.25) is 0 Å². The van der Waals surface area contributed by atoms with Crippen LogP contribution in [0.3, 0.4) is 0 Å². The minimum Gasteiger partial charge on any atom is -0.327 e. The normalized spacial score (nSPS) is 19.2. The number of rotatable bonds is 3. The van der Waals surface area contributed by atoms with Crippen molar-refractivity contribution >= 4 is 0 Å². The number of nitrogens with two attached hydrogens (primary N) is 1. The fraction of sp³-hybridized carbons (Fsp3) is 0.333. The van der Waals surface area contributed by atoms with Crippen LogP contribution >= 0.6 is 0 Å². The second kappa shape index (κ2) is 3.35. The summed E-state index contributed by atoms with van der Waals surface area (Å²) in [6.07, 6.45) is 6.88. The van der Waals surface area contributed by atoms with Crippen LogP contribution in [-0.2, 0) is 5.41 Å². The van der Waals surface area contributed by atoms with E-state index in [4.69, 9.17) is 5.73 Å². The second-order valence-corrected chi connectivity index (χ2v) is 3.66. The third-order valence-electron chi connectivity index (χ3n) is 2.71. The Hall–Kier alpha value is -1.08. The van der Waals surface area contributed by atoms with Gasteiger partial charge in [-0.25, -0.2) is 0 Å². The maximum atomic E-state index is 5.45. The molecule has 0 heterocycles. The van der Waals surface area contributed by atoms with Crippen LogP contribution in [0.1, 0.15) is 18.4 Å². The molecule has 0 unspecified atom stereocenters. The second-order valence-electron chi connectivity index (χ2n) is 3.66. The summed E-state index contributed by atoms with van der Waals surface area (Å²) < 4.78 is 0. The molecule has 0 radical (unpaired) electrons. The zero-order valence-corrected chi connectivity index (χ0v) is 7.74. The van der Waals surface area contributed by atoms with E-state index in [-0.39, 0.29) is 0 Å². The molecule has 1 aliphatic rings. The molecule has 0 saturated heterocycles. The topological polar surface area (TPSA) is 26.0 Å². The lowest BCUT2D eigenvalue weighted by Gasteiger charge is -2.09. The molecule has 0 aliphatic heterocycles. The highest BCUT2D eigenvalue weighted by molar-refractivity contribution is 5.36. The summed E-state index contributed by atoms with van der Waals surface area (Å²) in [5.74, 6) is 0. The van der Waals surface area contributed by atoms with Gasteiger partial charge in [-0.1, -0.05) is 42.5 Å². The standard InChI is InChI=1S/C12H15N/c13-10-4-7-12(8-9-12)11-5-2-1-3-6-11/h1-7H,8-10,13H2/b7-4+. The van der Waals surface area contributed by atoms with Gasteiger partial charge in [-0.15, -0.1) is 0 Å². The Bertz CT molecular complexity index is 296. The van der Waals surface area contributed by atoms with Crippen LogP contribution in [0.2, 0.25) is 0 Å². The Morgan fingerprint density at radius 3 is 2.46 bits per heavy atom. The molecule has 13 heavy (non-hydrogen) atoms. The molecule has 68 valence electrons. The van der Waals surface area contributed by atoms with E-state index in [9.17, 15) is 0 Å². The van der Waals surface area contributed by atoms with Crippen LogP contribution in [0.25, 0.3) is 0 Å². The van der Waals surface area contributed by atoms with Crippen molar-refractivity contribution in [2.45, 2.75) is 18.3 Å². The van der Waals surface area contributed by atoms with Crippen LogP contribution in [0.5, 0.6) is 0 Å². The van der Waals surface area contributed by atoms with Crippen LogP contribution in [0.15, 0.2) is 42.5 Å². The fourth-order valence-electron chi connectivity index (χ4n) is 1.75. The monoisotopic (exact) mass is 173 g/mol. The van der Waals surface area contributed by atoms with Gasteiger partial charge in [0, 0.05) is 12.0 Å². The molecule has 0 amide bonds. The first-order chi connectivity index (χ1) is 6.37. The molecule has 0 bridgehead atoms. The lowest BCUT2D eigenvalue weighted by Crippen LogP contribution is -2.03. The summed E-state index contributed by atoms with van der Waals surface area (Å²) in [6.45, 7) is 0.647. The Labute approximate surface area is 79.3 Å². The first-order valence-corrected chi connectivity index (χ1v) is 4.81. The minimum atomic E-state index is 0.334. The van der Waals surface area contributed by atoms with E-state index in [1.807, 2.05) is 0 Å². The predicted molar refractivity (Wildman–Crippen MR) is 55.5 cm³/mol. The highest BCUT2D eigenvalue weighted by atomic mass is 14.5. The van der Waals surface area contributed by atoms with Crippen molar-refractivity contribution in [2.75, 3.05) is 6.54 Å². The molecule has 1 nitrogen and oxygen atoms in total. The summed E-state index contributed by atoms with van der Waals surface area (Å²) in [4.78, 5) is 0. The van der Waals surface area contributed by atoms with Gasteiger partial charge in [0.25, 0.3) is 0 Å². The summed E-state index contributed by atoms with van der Waals surface area (Å²) in [5.41, 5.74) is 7.22. The summed E-state index contributed by atoms with van der Waals surface area (Å²) >= 11 is 0. The van der Waals surface area contributed by atoms with E-state index in [1.165, 1.54) is 18.4 Å². The lowest BCUT2D eigenvalue weighted by molar-refractivity contribution is 0.885. The van der Waals surface area contributed by atoms with E-state index < -0.39 is 0 Å². The van der Waals surface area contributed by atoms with Crippen molar-refractivity contribution in [3.05, 3.63) is 48.0 Å². The molecule has 1 aliphatic carbocycles. The van der Waals surface area contributed by atoms with Gasteiger partial charge in [0.15, 0.2) is 0 Å². The maximum absolute atomic E-state index is 5.45. The van der Waals surface area contributed by atoms with E-state index in [0.717, 1.165) is 0 Å². The zero-order valence-electron chi connectivity index (χ0n) is 7.74. The molecular formula is C12H15N. The Morgan fingerprint density at radius 2 is 1.92 bits per heavy atom. The average Bonchev–Trinajstić information content (AvgIpc) is 2.97. The molecular weight excluding hydrogens is 158 g/mol. The predicted octanol–water partition coefficient (Wildman–Crippen LogP) is 2.23. The average molecular weight is 173 g/mol.